The van der Waals surface area contributed by atoms with Gasteiger partial charge in [-0.2, -0.15) is 0 Å². The number of carbonyl (C=O) groups is 2. The van der Waals surface area contributed by atoms with Crippen molar-refractivity contribution < 1.29 is 28.2 Å². The average Bonchev–Trinajstić information content (AvgIpc) is 3.21. The first kappa shape index (κ1) is 30.1. The minimum absolute atomic E-state index is 0.157. The summed E-state index contributed by atoms with van der Waals surface area (Å²) >= 11 is 12.9. The van der Waals surface area contributed by atoms with Crippen LogP contribution in [-0.4, -0.2) is 39.3 Å². The molecule has 3 unspecified atom stereocenters. The number of aromatic nitrogens is 1. The lowest BCUT2D eigenvalue weighted by Crippen LogP contribution is -2.44. The minimum Gasteiger partial charge on any atom is -0.486 e. The van der Waals surface area contributed by atoms with Crippen LogP contribution in [0, 0.1) is 11.3 Å². The largest absolute Gasteiger partial charge is 0.486 e. The summed E-state index contributed by atoms with van der Waals surface area (Å²) in [6, 6.07) is 7.87. The molecular weight excluding hydrogens is 557 g/mol. The van der Waals surface area contributed by atoms with E-state index < -0.39 is 34.5 Å². The first-order valence-corrected chi connectivity index (χ1v) is 13.4. The van der Waals surface area contributed by atoms with Gasteiger partial charge < -0.3 is 9.84 Å². The number of nitrogens with zero attached hydrogens (tertiary/aromatic N) is 1. The summed E-state index contributed by atoms with van der Waals surface area (Å²) in [4.78, 5) is 28.6. The van der Waals surface area contributed by atoms with Crippen LogP contribution >= 0.6 is 34.5 Å². The van der Waals surface area contributed by atoms with Gasteiger partial charge in [-0.15, -0.1) is 0 Å². The second-order valence-corrected chi connectivity index (χ2v) is 12.7. The van der Waals surface area contributed by atoms with Crippen molar-refractivity contribution in [2.24, 2.45) is 11.3 Å². The molecule has 0 bridgehead atoms. The molecule has 1 aliphatic carbocycles. The molecule has 2 aromatic rings. The number of hydrogen-bond donors (Lipinski definition) is 2. The van der Waals surface area contributed by atoms with Crippen molar-refractivity contribution >= 4 is 51.5 Å². The maximum atomic E-state index is 15.3. The molecule has 1 heterocycles. The Morgan fingerprint density at radius 2 is 2.00 bits per heavy atom. The van der Waals surface area contributed by atoms with E-state index in [9.17, 15) is 9.59 Å². The number of hydrogen-bond acceptors (Lipinski definition) is 5. The summed E-state index contributed by atoms with van der Waals surface area (Å²) < 4.78 is 36.0. The number of nitrogens with one attached hydrogen (secondary N) is 1. The predicted octanol–water partition coefficient (Wildman–Crippen LogP) is 7.52. The van der Waals surface area contributed by atoms with Gasteiger partial charge in [0, 0.05) is 23.1 Å². The molecule has 3 atom stereocenters. The summed E-state index contributed by atoms with van der Waals surface area (Å²) in [5, 5.41) is 6.45. The SMILES string of the molecule is COc1sc(NC(=O)C2=CC(F)(Cl)C(C=C(C)C(=O)O)C(F)(Cl)C2)nc1-c1cccc(CCC(C)(C)C)c1. The zero-order valence-corrected chi connectivity index (χ0v) is 24.0. The van der Waals surface area contributed by atoms with Crippen LogP contribution in [0.2, 0.25) is 0 Å². The van der Waals surface area contributed by atoms with E-state index in [4.69, 9.17) is 33.0 Å². The van der Waals surface area contributed by atoms with Gasteiger partial charge in [0.1, 0.15) is 5.69 Å². The topological polar surface area (TPSA) is 88.5 Å². The quantitative estimate of drug-likeness (QED) is 0.246. The summed E-state index contributed by atoms with van der Waals surface area (Å²) in [5.74, 6) is -4.04. The second-order valence-electron chi connectivity index (χ2n) is 10.5. The van der Waals surface area contributed by atoms with E-state index >= 15 is 8.78 Å². The third-order valence-corrected chi connectivity index (χ3v) is 7.72. The summed E-state index contributed by atoms with van der Waals surface area (Å²) in [6.07, 6.45) is 2.77. The molecular formula is C27H30Cl2F2N2O4S. The van der Waals surface area contributed by atoms with Crippen molar-refractivity contribution in [3.05, 3.63) is 53.1 Å². The fraction of sp³-hybridized carbons (Fsp3) is 0.444. The standard InChI is InChI=1S/C27H30Cl2F2N2O4S/c1-15(22(35)36)11-19-26(28,30)13-18(14-27(19,29)31)21(34)33-24-32-20(23(37-5)38-24)17-8-6-7-16(12-17)9-10-25(2,3)4/h6-8,11-13,19H,9-10,14H2,1-5H3,(H,35,36)(H,32,33,34). The van der Waals surface area contributed by atoms with Gasteiger partial charge in [0.2, 0.25) is 10.2 Å². The first-order chi connectivity index (χ1) is 17.5. The van der Waals surface area contributed by atoms with E-state index in [0.717, 1.165) is 47.5 Å². The van der Waals surface area contributed by atoms with Crippen LogP contribution in [0.3, 0.4) is 0 Å². The number of methoxy groups -OCH3 is 1. The Morgan fingerprint density at radius 1 is 1.32 bits per heavy atom. The molecule has 1 aromatic heterocycles. The zero-order chi connectivity index (χ0) is 28.5. The number of benzene rings is 1. The summed E-state index contributed by atoms with van der Waals surface area (Å²) in [7, 11) is 1.48. The van der Waals surface area contributed by atoms with Gasteiger partial charge >= 0.3 is 5.97 Å². The van der Waals surface area contributed by atoms with E-state index in [1.807, 2.05) is 24.3 Å². The lowest BCUT2D eigenvalue weighted by Gasteiger charge is -2.37. The Hall–Kier alpha value is -2.49. The van der Waals surface area contributed by atoms with E-state index in [-0.39, 0.29) is 21.7 Å². The third-order valence-electron chi connectivity index (χ3n) is 6.07. The molecule has 38 heavy (non-hydrogen) atoms. The molecule has 3 rings (SSSR count). The maximum Gasteiger partial charge on any atom is 0.330 e. The predicted molar refractivity (Wildman–Crippen MR) is 147 cm³/mol. The number of allylic oxidation sites excluding steroid dienone is 2. The van der Waals surface area contributed by atoms with Crippen LogP contribution in [0.25, 0.3) is 11.3 Å². The average molecular weight is 588 g/mol. The Morgan fingerprint density at radius 3 is 2.58 bits per heavy atom. The minimum atomic E-state index is -2.93. The molecule has 6 nitrogen and oxygen atoms in total. The Labute approximate surface area is 234 Å². The number of amides is 1. The first-order valence-electron chi connectivity index (χ1n) is 11.9. The van der Waals surface area contributed by atoms with Gasteiger partial charge in [0.05, 0.1) is 13.0 Å². The van der Waals surface area contributed by atoms with Crippen molar-refractivity contribution in [2.75, 3.05) is 12.4 Å². The Balaban J connectivity index is 1.85. The van der Waals surface area contributed by atoms with E-state index in [1.165, 1.54) is 14.0 Å². The molecule has 0 saturated heterocycles. The number of halogens is 4. The number of aryl methyl sites for hydroxylation is 1. The van der Waals surface area contributed by atoms with Crippen LogP contribution in [-0.2, 0) is 16.0 Å². The zero-order valence-electron chi connectivity index (χ0n) is 21.7. The number of aliphatic carboxylic acids is 1. The highest BCUT2D eigenvalue weighted by Crippen LogP contribution is 2.50. The number of ether oxygens (including phenoxy) is 1. The summed E-state index contributed by atoms with van der Waals surface area (Å²) in [5.41, 5.74) is 1.98. The van der Waals surface area contributed by atoms with E-state index in [0.29, 0.717) is 10.8 Å². The van der Waals surface area contributed by atoms with Gasteiger partial charge in [-0.3, -0.25) is 10.1 Å². The lowest BCUT2D eigenvalue weighted by atomic mass is 9.83. The highest BCUT2D eigenvalue weighted by atomic mass is 35.5. The van der Waals surface area contributed by atoms with Crippen molar-refractivity contribution in [1.82, 2.24) is 4.98 Å². The van der Waals surface area contributed by atoms with Gasteiger partial charge in [-0.05, 0) is 42.9 Å². The van der Waals surface area contributed by atoms with Gasteiger partial charge in [-0.25, -0.2) is 18.6 Å². The van der Waals surface area contributed by atoms with Gasteiger partial charge in [-0.1, -0.05) is 79.6 Å². The number of rotatable bonds is 8. The molecule has 0 aliphatic heterocycles. The molecule has 1 amide bonds. The fourth-order valence-corrected chi connectivity index (χ4v) is 5.56. The second kappa shape index (κ2) is 11.3. The number of alkyl halides is 4. The number of thiazole rings is 1. The van der Waals surface area contributed by atoms with E-state index in [1.54, 1.807) is 0 Å². The van der Waals surface area contributed by atoms with Crippen LogP contribution in [0.5, 0.6) is 5.06 Å². The molecule has 0 radical (unpaired) electrons. The molecule has 1 aromatic carbocycles. The normalized spacial score (nSPS) is 24.1. The molecule has 2 N–H and O–H groups in total. The number of carbonyl (C=O) groups excluding carboxylic acids is 1. The molecule has 206 valence electrons. The highest BCUT2D eigenvalue weighted by molar-refractivity contribution is 7.18. The molecule has 0 saturated carbocycles. The molecule has 0 spiro atoms. The number of carboxylic acids is 1. The van der Waals surface area contributed by atoms with Crippen molar-refractivity contribution in [1.29, 1.82) is 0 Å². The van der Waals surface area contributed by atoms with Crippen LogP contribution in [0.1, 0.15) is 46.1 Å². The van der Waals surface area contributed by atoms with Crippen LogP contribution in [0.15, 0.2) is 47.6 Å². The van der Waals surface area contributed by atoms with Crippen molar-refractivity contribution in [2.45, 2.75) is 57.2 Å². The molecule has 11 heteroatoms. The Kier molecular flexibility index (Phi) is 8.95. The molecule has 1 aliphatic rings. The summed E-state index contributed by atoms with van der Waals surface area (Å²) in [6.45, 7) is 7.71. The van der Waals surface area contributed by atoms with Crippen molar-refractivity contribution in [3.8, 4) is 16.3 Å². The smallest absolute Gasteiger partial charge is 0.330 e. The monoisotopic (exact) mass is 586 g/mol. The Bertz CT molecular complexity index is 1280. The lowest BCUT2D eigenvalue weighted by molar-refractivity contribution is -0.132. The highest BCUT2D eigenvalue weighted by Gasteiger charge is 2.54. The maximum absolute atomic E-state index is 15.3. The number of carboxylic acid groups (broad SMARTS) is 1. The number of anilines is 1. The van der Waals surface area contributed by atoms with Crippen LogP contribution < -0.4 is 10.1 Å². The van der Waals surface area contributed by atoms with Crippen molar-refractivity contribution in [3.63, 3.8) is 0 Å². The van der Waals surface area contributed by atoms with E-state index in [2.05, 4.69) is 31.1 Å². The van der Waals surface area contributed by atoms with Crippen LogP contribution in [0.4, 0.5) is 13.9 Å². The fourth-order valence-electron chi connectivity index (χ4n) is 3.97. The van der Waals surface area contributed by atoms with Gasteiger partial charge in [0.15, 0.2) is 10.3 Å². The molecule has 0 fully saturated rings. The third kappa shape index (κ3) is 7.33. The van der Waals surface area contributed by atoms with Gasteiger partial charge in [0.25, 0.3) is 5.91 Å².